The molecule has 0 saturated carbocycles. The summed E-state index contributed by atoms with van der Waals surface area (Å²) < 4.78 is 11.9. The number of ether oxygens (including phenoxy) is 2. The molecular formula is C37H43N7O4. The summed E-state index contributed by atoms with van der Waals surface area (Å²) in [6, 6.07) is 23.9. The van der Waals surface area contributed by atoms with Crippen molar-refractivity contribution in [2.24, 2.45) is 0 Å². The number of aromatic nitrogens is 2. The van der Waals surface area contributed by atoms with Crippen molar-refractivity contribution in [3.8, 4) is 11.5 Å². The van der Waals surface area contributed by atoms with Crippen LogP contribution < -0.4 is 30.1 Å². The maximum absolute atomic E-state index is 12.5. The SMILES string of the molecule is C=CC(=O)Nc1cc(Nc2cc(N3OCC[C@@H]3c3cccc(OCc4ccccc4)c3)ncn2)c(OC)cc1N1CCN(CCC)CC1. The van der Waals surface area contributed by atoms with Gasteiger partial charge in [0.05, 0.1) is 36.8 Å². The van der Waals surface area contributed by atoms with E-state index in [-0.39, 0.29) is 11.9 Å². The molecule has 3 heterocycles. The van der Waals surface area contributed by atoms with Crippen LogP contribution in [0, 0.1) is 0 Å². The van der Waals surface area contributed by atoms with E-state index in [1.54, 1.807) is 7.11 Å². The Bertz CT molecular complexity index is 1690. The van der Waals surface area contributed by atoms with E-state index in [0.717, 1.165) is 68.1 Å². The largest absolute Gasteiger partial charge is 0.494 e. The lowest BCUT2D eigenvalue weighted by molar-refractivity contribution is -0.111. The number of carbonyl (C=O) groups excluding carboxylic acids is 1. The van der Waals surface area contributed by atoms with E-state index in [1.807, 2.05) is 53.6 Å². The summed E-state index contributed by atoms with van der Waals surface area (Å²) in [7, 11) is 1.64. The first-order valence-electron chi connectivity index (χ1n) is 16.4. The number of amides is 1. The first kappa shape index (κ1) is 32.8. The highest BCUT2D eigenvalue weighted by Gasteiger charge is 2.30. The molecule has 0 radical (unpaired) electrons. The van der Waals surface area contributed by atoms with E-state index >= 15 is 0 Å². The van der Waals surface area contributed by atoms with Crippen LogP contribution in [0.4, 0.5) is 28.7 Å². The maximum atomic E-state index is 12.5. The van der Waals surface area contributed by atoms with Crippen LogP contribution in [-0.4, -0.2) is 67.2 Å². The smallest absolute Gasteiger partial charge is 0.247 e. The second kappa shape index (κ2) is 15.6. The number of nitrogens with one attached hydrogen (secondary N) is 2. The van der Waals surface area contributed by atoms with Gasteiger partial charge in [-0.1, -0.05) is 56.0 Å². The van der Waals surface area contributed by atoms with Gasteiger partial charge in [0.1, 0.15) is 30.3 Å². The highest BCUT2D eigenvalue weighted by molar-refractivity contribution is 6.02. The molecule has 0 aliphatic carbocycles. The summed E-state index contributed by atoms with van der Waals surface area (Å²) in [6.07, 6.45) is 4.70. The molecule has 1 aromatic heterocycles. The molecule has 3 aromatic carbocycles. The van der Waals surface area contributed by atoms with Gasteiger partial charge in [-0.3, -0.25) is 14.5 Å². The first-order valence-corrected chi connectivity index (χ1v) is 16.4. The van der Waals surface area contributed by atoms with Gasteiger partial charge in [-0.25, -0.2) is 15.0 Å². The first-order chi connectivity index (χ1) is 23.5. The Morgan fingerprint density at radius 1 is 1.02 bits per heavy atom. The van der Waals surface area contributed by atoms with Crippen molar-refractivity contribution < 1.29 is 19.1 Å². The minimum Gasteiger partial charge on any atom is -0.494 e. The fourth-order valence-corrected chi connectivity index (χ4v) is 6.13. The van der Waals surface area contributed by atoms with Crippen LogP contribution in [0.15, 0.2) is 91.8 Å². The number of piperazine rings is 1. The lowest BCUT2D eigenvalue weighted by Gasteiger charge is -2.37. The number of anilines is 5. The van der Waals surface area contributed by atoms with Crippen molar-refractivity contribution in [2.45, 2.75) is 32.4 Å². The average Bonchev–Trinajstić information content (AvgIpc) is 3.63. The number of benzene rings is 3. The predicted molar refractivity (Wildman–Crippen MR) is 189 cm³/mol. The molecule has 2 aliphatic rings. The fraction of sp³-hybridized carbons (Fsp3) is 0.324. The zero-order valence-electron chi connectivity index (χ0n) is 27.6. The third-order valence-corrected chi connectivity index (χ3v) is 8.55. The summed E-state index contributed by atoms with van der Waals surface area (Å²) >= 11 is 0. The average molecular weight is 650 g/mol. The molecule has 1 amide bonds. The van der Waals surface area contributed by atoms with Crippen LogP contribution in [0.5, 0.6) is 11.5 Å². The predicted octanol–water partition coefficient (Wildman–Crippen LogP) is 6.35. The highest BCUT2D eigenvalue weighted by Crippen LogP contribution is 2.40. The Morgan fingerprint density at radius 3 is 2.62 bits per heavy atom. The molecule has 2 aliphatic heterocycles. The minimum atomic E-state index is -0.284. The Balaban J connectivity index is 1.21. The Hall–Kier alpha value is -5.13. The van der Waals surface area contributed by atoms with Gasteiger partial charge < -0.3 is 25.0 Å². The molecule has 2 N–H and O–H groups in total. The van der Waals surface area contributed by atoms with Crippen LogP contribution in [-0.2, 0) is 16.2 Å². The van der Waals surface area contributed by atoms with Crippen LogP contribution in [0.2, 0.25) is 0 Å². The van der Waals surface area contributed by atoms with Gasteiger partial charge in [0.2, 0.25) is 5.91 Å². The van der Waals surface area contributed by atoms with E-state index in [4.69, 9.17) is 14.3 Å². The van der Waals surface area contributed by atoms with Crippen LogP contribution in [0.1, 0.15) is 36.9 Å². The van der Waals surface area contributed by atoms with Gasteiger partial charge in [-0.15, -0.1) is 0 Å². The van der Waals surface area contributed by atoms with Gasteiger partial charge in [-0.2, -0.15) is 0 Å². The van der Waals surface area contributed by atoms with Gasteiger partial charge in [0.25, 0.3) is 0 Å². The topological polar surface area (TPSA) is 104 Å². The van der Waals surface area contributed by atoms with Crippen molar-refractivity contribution in [1.29, 1.82) is 0 Å². The van der Waals surface area contributed by atoms with Crippen molar-refractivity contribution in [1.82, 2.24) is 14.9 Å². The van der Waals surface area contributed by atoms with Crippen LogP contribution >= 0.6 is 0 Å². The summed E-state index contributed by atoms with van der Waals surface area (Å²) in [6.45, 7) is 11.6. The molecule has 4 aromatic rings. The van der Waals surface area contributed by atoms with Crippen LogP contribution in [0.25, 0.3) is 0 Å². The molecule has 11 nitrogen and oxygen atoms in total. The third-order valence-electron chi connectivity index (χ3n) is 8.55. The molecule has 0 unspecified atom stereocenters. The zero-order chi connectivity index (χ0) is 33.3. The molecule has 0 spiro atoms. The highest BCUT2D eigenvalue weighted by atomic mass is 16.7. The molecular weight excluding hydrogens is 606 g/mol. The van der Waals surface area contributed by atoms with E-state index < -0.39 is 0 Å². The number of carbonyl (C=O) groups is 1. The van der Waals surface area contributed by atoms with E-state index in [9.17, 15) is 4.79 Å². The van der Waals surface area contributed by atoms with Gasteiger partial charge in [-0.05, 0) is 48.4 Å². The van der Waals surface area contributed by atoms with Crippen molar-refractivity contribution in [3.63, 3.8) is 0 Å². The second-order valence-corrected chi connectivity index (χ2v) is 11.8. The molecule has 250 valence electrons. The second-order valence-electron chi connectivity index (χ2n) is 11.8. The van der Waals surface area contributed by atoms with Gasteiger partial charge in [0, 0.05) is 44.7 Å². The fourth-order valence-electron chi connectivity index (χ4n) is 6.13. The number of hydroxylamine groups is 1. The van der Waals surface area contributed by atoms with E-state index in [0.29, 0.717) is 42.0 Å². The maximum Gasteiger partial charge on any atom is 0.247 e. The van der Waals surface area contributed by atoms with Gasteiger partial charge >= 0.3 is 0 Å². The summed E-state index contributed by atoms with van der Waals surface area (Å²) in [5.74, 6) is 2.31. The number of hydrogen-bond acceptors (Lipinski definition) is 10. The molecule has 11 heteroatoms. The summed E-state index contributed by atoms with van der Waals surface area (Å²) in [5, 5.41) is 8.21. The van der Waals surface area contributed by atoms with Gasteiger partial charge in [0.15, 0.2) is 5.82 Å². The zero-order valence-corrected chi connectivity index (χ0v) is 27.6. The Morgan fingerprint density at radius 2 is 1.85 bits per heavy atom. The van der Waals surface area contributed by atoms with Crippen molar-refractivity contribution >= 4 is 34.6 Å². The van der Waals surface area contributed by atoms with E-state index in [2.05, 4.69) is 68.2 Å². The Kier molecular flexibility index (Phi) is 10.7. The lowest BCUT2D eigenvalue weighted by Crippen LogP contribution is -2.46. The van der Waals surface area contributed by atoms with Crippen molar-refractivity contribution in [3.05, 3.63) is 103 Å². The summed E-state index contributed by atoms with van der Waals surface area (Å²) in [4.78, 5) is 32.4. The quantitative estimate of drug-likeness (QED) is 0.159. The van der Waals surface area contributed by atoms with Crippen molar-refractivity contribution in [2.75, 3.05) is 67.0 Å². The van der Waals surface area contributed by atoms with Crippen LogP contribution in [0.3, 0.4) is 0 Å². The molecule has 2 saturated heterocycles. The number of nitrogens with zero attached hydrogens (tertiary/aromatic N) is 5. The molecule has 6 rings (SSSR count). The molecule has 0 bridgehead atoms. The number of hydrogen-bond donors (Lipinski definition) is 2. The molecule has 1 atom stereocenters. The summed E-state index contributed by atoms with van der Waals surface area (Å²) in [5.41, 5.74) is 4.40. The number of rotatable bonds is 13. The minimum absolute atomic E-state index is 0.0552. The number of methoxy groups -OCH3 is 1. The van der Waals surface area contributed by atoms with E-state index in [1.165, 1.54) is 12.4 Å². The molecule has 48 heavy (non-hydrogen) atoms. The lowest BCUT2D eigenvalue weighted by atomic mass is 10.0. The third kappa shape index (κ3) is 7.87. The normalized spacial score (nSPS) is 16.4. The monoisotopic (exact) mass is 649 g/mol. The molecule has 2 fully saturated rings. The Labute approximate surface area is 282 Å². The standard InChI is InChI=1S/C37H43N7O4/c1-4-15-42-16-18-43(19-17-42)33-23-34(46-3)31(22-30(33)41-37(45)5-2)40-35-24-36(39-26-38-35)44-32(14-20-48-44)28-12-9-13-29(21-28)47-25-27-10-7-6-8-11-27/h5-13,21-24,26,32H,2,4,14-20,25H2,1,3H3,(H,41,45)(H,38,39,40)/t32-/m1/s1.